The van der Waals surface area contributed by atoms with E-state index in [1.807, 2.05) is 6.07 Å². The quantitative estimate of drug-likeness (QED) is 0.466. The molecule has 0 aliphatic heterocycles. The molecule has 122 valence electrons. The Morgan fingerprint density at radius 1 is 1.22 bits per heavy atom. The van der Waals surface area contributed by atoms with E-state index in [-0.39, 0.29) is 11.6 Å². The van der Waals surface area contributed by atoms with E-state index in [2.05, 4.69) is 48.3 Å². The first-order valence-electron chi connectivity index (χ1n) is 7.78. The zero-order valence-corrected chi connectivity index (χ0v) is 15.8. The van der Waals surface area contributed by atoms with Gasteiger partial charge in [0.1, 0.15) is 5.82 Å². The summed E-state index contributed by atoms with van der Waals surface area (Å²) in [7, 11) is 0. The van der Waals surface area contributed by atoms with Gasteiger partial charge in [0.25, 0.3) is 0 Å². The first-order chi connectivity index (χ1) is 10.9. The molecule has 0 spiro atoms. The lowest BCUT2D eigenvalue weighted by Crippen LogP contribution is -2.13. The molecule has 0 amide bonds. The van der Waals surface area contributed by atoms with Crippen molar-refractivity contribution in [3.8, 4) is 0 Å². The highest BCUT2D eigenvalue weighted by molar-refractivity contribution is 14.1. The second-order valence-corrected chi connectivity index (χ2v) is 7.54. The van der Waals surface area contributed by atoms with Gasteiger partial charge >= 0.3 is 0 Å². The Labute approximate surface area is 150 Å². The molecule has 0 aliphatic rings. The van der Waals surface area contributed by atoms with Gasteiger partial charge in [0.15, 0.2) is 5.78 Å². The predicted octanol–water partition coefficient (Wildman–Crippen LogP) is 5.28. The van der Waals surface area contributed by atoms with E-state index in [0.717, 1.165) is 9.13 Å². The monoisotopic (exact) mass is 425 g/mol. The number of rotatable bonds is 6. The molecule has 2 rings (SSSR count). The van der Waals surface area contributed by atoms with Crippen LogP contribution in [0, 0.1) is 21.2 Å². The van der Waals surface area contributed by atoms with Gasteiger partial charge in [-0.2, -0.15) is 0 Å². The van der Waals surface area contributed by atoms with E-state index in [9.17, 15) is 9.18 Å². The van der Waals surface area contributed by atoms with Crippen molar-refractivity contribution in [3.63, 3.8) is 0 Å². The summed E-state index contributed by atoms with van der Waals surface area (Å²) in [5.74, 6) is 0.639. The highest BCUT2D eigenvalue weighted by atomic mass is 127. The zero-order chi connectivity index (χ0) is 17.0. The number of ketones is 1. The van der Waals surface area contributed by atoms with Crippen LogP contribution in [0.2, 0.25) is 0 Å². The number of Topliss-reactive ketones (excluding diaryl/α,β-unsaturated/α-hetero) is 1. The average molecular weight is 425 g/mol. The minimum atomic E-state index is -0.241. The number of halogens is 2. The highest BCUT2D eigenvalue weighted by Crippen LogP contribution is 2.22. The molecule has 2 nitrogen and oxygen atoms in total. The molecule has 0 saturated carbocycles. The van der Waals surface area contributed by atoms with Crippen molar-refractivity contribution in [2.75, 3.05) is 0 Å². The molecule has 4 heteroatoms. The van der Waals surface area contributed by atoms with Crippen LogP contribution >= 0.6 is 22.6 Å². The van der Waals surface area contributed by atoms with Gasteiger partial charge in [0.05, 0.1) is 0 Å². The third-order valence-corrected chi connectivity index (χ3v) is 4.92. The van der Waals surface area contributed by atoms with E-state index in [4.69, 9.17) is 0 Å². The molecule has 2 aromatic rings. The van der Waals surface area contributed by atoms with E-state index < -0.39 is 0 Å². The molecule has 1 aromatic heterocycles. The summed E-state index contributed by atoms with van der Waals surface area (Å²) in [5, 5.41) is 0. The molecular weight excluding hydrogens is 404 g/mol. The topological polar surface area (TPSA) is 30.0 Å². The number of nitrogens with zero attached hydrogens (tertiary/aromatic N) is 1. The molecule has 0 radical (unpaired) electrons. The van der Waals surface area contributed by atoms with Crippen molar-refractivity contribution in [2.24, 2.45) is 11.8 Å². The lowest BCUT2D eigenvalue weighted by molar-refractivity contribution is 0.0952. The molecule has 0 aliphatic carbocycles. The lowest BCUT2D eigenvalue weighted by atomic mass is 9.89. The fourth-order valence-corrected chi connectivity index (χ4v) is 2.80. The zero-order valence-electron chi connectivity index (χ0n) is 13.6. The van der Waals surface area contributed by atoms with Gasteiger partial charge in [-0.3, -0.25) is 9.78 Å². The maximum absolute atomic E-state index is 14.1. The summed E-state index contributed by atoms with van der Waals surface area (Å²) in [4.78, 5) is 16.7. The first-order valence-corrected chi connectivity index (χ1v) is 8.86. The van der Waals surface area contributed by atoms with Crippen LogP contribution in [0.5, 0.6) is 0 Å². The van der Waals surface area contributed by atoms with Crippen LogP contribution < -0.4 is 0 Å². The minimum absolute atomic E-state index is 0.106. The van der Waals surface area contributed by atoms with Gasteiger partial charge in [-0.1, -0.05) is 26.8 Å². The van der Waals surface area contributed by atoms with Crippen molar-refractivity contribution < 1.29 is 9.18 Å². The summed E-state index contributed by atoms with van der Waals surface area (Å²) in [6, 6.07) is 6.90. The normalized spacial score (nSPS) is 12.4. The summed E-state index contributed by atoms with van der Waals surface area (Å²) >= 11 is 2.08. The standard InChI is InChI=1S/C19H21FINO/c1-12(2)13(3)8-19(23)17-6-7-22-11-15(17)9-14-4-5-16(21)10-18(14)20/h4-7,10-13H,8-9H2,1-3H3. The maximum atomic E-state index is 14.1. The Bertz CT molecular complexity index is 700. The van der Waals surface area contributed by atoms with Gasteiger partial charge in [0, 0.05) is 34.4 Å². The number of hydrogen-bond donors (Lipinski definition) is 0. The van der Waals surface area contributed by atoms with Gasteiger partial charge in [-0.25, -0.2) is 4.39 Å². The summed E-state index contributed by atoms with van der Waals surface area (Å²) < 4.78 is 14.9. The van der Waals surface area contributed by atoms with Crippen molar-refractivity contribution in [3.05, 3.63) is 62.7 Å². The van der Waals surface area contributed by atoms with Crippen LogP contribution in [0.15, 0.2) is 36.7 Å². The second-order valence-electron chi connectivity index (χ2n) is 6.29. The number of pyridine rings is 1. The molecule has 0 N–H and O–H groups in total. The van der Waals surface area contributed by atoms with Crippen LogP contribution in [0.1, 0.15) is 48.7 Å². The molecular formula is C19H21FINO. The molecule has 0 saturated heterocycles. The third-order valence-electron chi connectivity index (χ3n) is 4.25. The van der Waals surface area contributed by atoms with Crippen LogP contribution in [-0.4, -0.2) is 10.8 Å². The van der Waals surface area contributed by atoms with E-state index >= 15 is 0 Å². The Balaban J connectivity index is 2.25. The SMILES string of the molecule is CC(C)C(C)CC(=O)c1ccncc1Cc1ccc(I)cc1F. The van der Waals surface area contributed by atoms with Gasteiger partial charge in [-0.05, 0) is 63.8 Å². The number of benzene rings is 1. The molecule has 1 atom stereocenters. The third kappa shape index (κ3) is 4.83. The molecule has 0 fully saturated rings. The Morgan fingerprint density at radius 2 is 1.96 bits per heavy atom. The summed E-state index contributed by atoms with van der Waals surface area (Å²) in [5.41, 5.74) is 2.03. The van der Waals surface area contributed by atoms with Gasteiger partial charge < -0.3 is 0 Å². The first kappa shape index (κ1) is 18.0. The lowest BCUT2D eigenvalue weighted by Gasteiger charge is -2.15. The fraction of sp³-hybridized carbons (Fsp3) is 0.368. The molecule has 0 bridgehead atoms. The van der Waals surface area contributed by atoms with Crippen molar-refractivity contribution >= 4 is 28.4 Å². The molecule has 1 heterocycles. The smallest absolute Gasteiger partial charge is 0.163 e. The van der Waals surface area contributed by atoms with Crippen LogP contribution in [0.25, 0.3) is 0 Å². The van der Waals surface area contributed by atoms with Crippen molar-refractivity contribution in [1.82, 2.24) is 4.98 Å². The summed E-state index contributed by atoms with van der Waals surface area (Å²) in [6.45, 7) is 6.32. The van der Waals surface area contributed by atoms with Gasteiger partial charge in [-0.15, -0.1) is 0 Å². The van der Waals surface area contributed by atoms with E-state index in [1.54, 1.807) is 24.5 Å². The van der Waals surface area contributed by atoms with Crippen LogP contribution in [0.4, 0.5) is 4.39 Å². The Kier molecular flexibility index (Phi) is 6.27. The number of carbonyl (C=O) groups excluding carboxylic acids is 1. The number of carbonyl (C=O) groups is 1. The van der Waals surface area contributed by atoms with Crippen molar-refractivity contribution in [2.45, 2.75) is 33.6 Å². The predicted molar refractivity (Wildman–Crippen MR) is 99.1 cm³/mol. The Hall–Kier alpha value is -1.30. The van der Waals surface area contributed by atoms with Gasteiger partial charge in [0.2, 0.25) is 0 Å². The summed E-state index contributed by atoms with van der Waals surface area (Å²) in [6.07, 6.45) is 4.18. The van der Waals surface area contributed by atoms with Crippen LogP contribution in [0.3, 0.4) is 0 Å². The van der Waals surface area contributed by atoms with E-state index in [1.165, 1.54) is 6.07 Å². The average Bonchev–Trinajstić information content (AvgIpc) is 2.50. The number of hydrogen-bond acceptors (Lipinski definition) is 2. The van der Waals surface area contributed by atoms with Crippen LogP contribution in [-0.2, 0) is 6.42 Å². The maximum Gasteiger partial charge on any atom is 0.163 e. The largest absolute Gasteiger partial charge is 0.294 e. The Morgan fingerprint density at radius 3 is 2.61 bits per heavy atom. The number of aromatic nitrogens is 1. The fourth-order valence-electron chi connectivity index (χ4n) is 2.35. The minimum Gasteiger partial charge on any atom is -0.294 e. The highest BCUT2D eigenvalue weighted by Gasteiger charge is 2.17. The molecule has 1 aromatic carbocycles. The second kappa shape index (κ2) is 7.99. The van der Waals surface area contributed by atoms with Crippen molar-refractivity contribution in [1.29, 1.82) is 0 Å². The molecule has 1 unspecified atom stereocenters. The van der Waals surface area contributed by atoms with E-state index in [0.29, 0.717) is 35.8 Å². The molecule has 23 heavy (non-hydrogen) atoms.